The number of carbonyl (C=O) groups is 1. The van der Waals surface area contributed by atoms with Gasteiger partial charge in [0.2, 0.25) is 0 Å². The van der Waals surface area contributed by atoms with E-state index in [1.807, 2.05) is 30.3 Å². The van der Waals surface area contributed by atoms with Crippen LogP contribution >= 0.6 is 0 Å². The first-order valence-corrected chi connectivity index (χ1v) is 7.99. The molecule has 0 aliphatic carbocycles. The third-order valence-corrected chi connectivity index (χ3v) is 3.80. The van der Waals surface area contributed by atoms with E-state index in [0.717, 1.165) is 5.69 Å². The number of amides is 1. The molecule has 0 bridgehead atoms. The Hall–Kier alpha value is -3.48. The fourth-order valence-electron chi connectivity index (χ4n) is 2.58. The van der Waals surface area contributed by atoms with Crippen molar-refractivity contribution in [1.82, 2.24) is 9.36 Å². The number of para-hydroxylation sites is 1. The number of benzene rings is 2. The predicted molar refractivity (Wildman–Crippen MR) is 97.8 cm³/mol. The maximum atomic E-state index is 12.6. The Morgan fingerprint density at radius 2 is 1.88 bits per heavy atom. The Kier molecular flexibility index (Phi) is 5.07. The molecule has 0 saturated carbocycles. The molecule has 134 valence electrons. The normalized spacial score (nSPS) is 10.4. The van der Waals surface area contributed by atoms with Crippen LogP contribution in [0.2, 0.25) is 0 Å². The number of anilines is 1. The molecule has 0 radical (unpaired) electrons. The minimum absolute atomic E-state index is 0.123. The number of carbonyl (C=O) groups excluding carboxylic acids is 1. The van der Waals surface area contributed by atoms with Crippen LogP contribution in [-0.4, -0.2) is 22.6 Å². The highest BCUT2D eigenvalue weighted by atomic mass is 16.5. The van der Waals surface area contributed by atoms with Gasteiger partial charge in [0, 0.05) is 25.0 Å². The van der Waals surface area contributed by atoms with Gasteiger partial charge in [0.25, 0.3) is 5.56 Å². The molecule has 0 fully saturated rings. The van der Waals surface area contributed by atoms with Gasteiger partial charge in [-0.05, 0) is 24.3 Å². The number of nitrogens with zero attached hydrogens (tertiary/aromatic N) is 2. The van der Waals surface area contributed by atoms with Crippen LogP contribution < -0.4 is 15.6 Å². The van der Waals surface area contributed by atoms with Crippen LogP contribution in [-0.2, 0) is 18.4 Å². The van der Waals surface area contributed by atoms with Crippen molar-refractivity contribution in [2.45, 2.75) is 6.61 Å². The summed E-state index contributed by atoms with van der Waals surface area (Å²) in [6.07, 6.45) is 1.00. The highest BCUT2D eigenvalue weighted by Crippen LogP contribution is 2.17. The molecular weight excluding hydrogens is 334 g/mol. The van der Waals surface area contributed by atoms with Gasteiger partial charge in [0.1, 0.15) is 12.4 Å². The molecule has 1 amide bonds. The first-order valence-electron chi connectivity index (χ1n) is 7.99. The molecule has 2 aromatic carbocycles. The molecule has 7 nitrogen and oxygen atoms in total. The van der Waals surface area contributed by atoms with Gasteiger partial charge in [-0.2, -0.15) is 0 Å². The van der Waals surface area contributed by atoms with Crippen LogP contribution in [0.1, 0.15) is 5.56 Å². The Morgan fingerprint density at radius 3 is 2.62 bits per heavy atom. The molecule has 1 heterocycles. The monoisotopic (exact) mass is 353 g/mol. The first kappa shape index (κ1) is 17.3. The van der Waals surface area contributed by atoms with Crippen molar-refractivity contribution in [2.75, 3.05) is 12.4 Å². The van der Waals surface area contributed by atoms with Crippen molar-refractivity contribution in [3.8, 4) is 11.4 Å². The lowest BCUT2D eigenvalue weighted by Crippen LogP contribution is -2.22. The zero-order valence-electron chi connectivity index (χ0n) is 14.5. The molecule has 0 saturated heterocycles. The number of rotatable bonds is 5. The van der Waals surface area contributed by atoms with E-state index >= 15 is 0 Å². The third kappa shape index (κ3) is 3.77. The summed E-state index contributed by atoms with van der Waals surface area (Å²) in [7, 11) is 3.30. The number of aryl methyl sites for hydroxylation is 1. The van der Waals surface area contributed by atoms with E-state index in [9.17, 15) is 9.59 Å². The second-order valence-corrected chi connectivity index (χ2v) is 5.61. The highest BCUT2D eigenvalue weighted by molar-refractivity contribution is 5.84. The number of nitrogens with one attached hydrogen (secondary N) is 1. The molecule has 1 aromatic heterocycles. The second-order valence-electron chi connectivity index (χ2n) is 5.61. The van der Waals surface area contributed by atoms with E-state index in [4.69, 9.17) is 9.47 Å². The molecule has 0 atom stereocenters. The number of aromatic nitrogens is 2. The fourth-order valence-corrected chi connectivity index (χ4v) is 2.58. The number of ether oxygens (including phenoxy) is 2. The van der Waals surface area contributed by atoms with Crippen molar-refractivity contribution in [2.24, 2.45) is 7.05 Å². The quantitative estimate of drug-likeness (QED) is 0.765. The van der Waals surface area contributed by atoms with Gasteiger partial charge in [-0.1, -0.05) is 24.3 Å². The van der Waals surface area contributed by atoms with E-state index in [1.54, 1.807) is 49.3 Å². The minimum atomic E-state index is -0.646. The number of hydrogen-bond acceptors (Lipinski definition) is 4. The van der Waals surface area contributed by atoms with Gasteiger partial charge in [-0.15, -0.1) is 0 Å². The van der Waals surface area contributed by atoms with Crippen LogP contribution in [0.4, 0.5) is 10.5 Å². The lowest BCUT2D eigenvalue weighted by atomic mass is 10.3. The summed E-state index contributed by atoms with van der Waals surface area (Å²) >= 11 is 0. The van der Waals surface area contributed by atoms with E-state index in [2.05, 4.69) is 5.32 Å². The third-order valence-electron chi connectivity index (χ3n) is 3.80. The van der Waals surface area contributed by atoms with E-state index in [0.29, 0.717) is 17.0 Å². The predicted octanol–water partition coefficient (Wildman–Crippen LogP) is 2.93. The maximum Gasteiger partial charge on any atom is 0.411 e. The lowest BCUT2D eigenvalue weighted by molar-refractivity contribution is 0.154. The van der Waals surface area contributed by atoms with Crippen molar-refractivity contribution in [3.63, 3.8) is 0 Å². The lowest BCUT2D eigenvalue weighted by Gasteiger charge is -2.07. The summed E-state index contributed by atoms with van der Waals surface area (Å²) in [6, 6.07) is 16.2. The summed E-state index contributed by atoms with van der Waals surface area (Å²) in [5, 5.41) is 2.60. The van der Waals surface area contributed by atoms with Gasteiger partial charge in [0.05, 0.1) is 18.4 Å². The average Bonchev–Trinajstić information content (AvgIpc) is 2.94. The van der Waals surface area contributed by atoms with Gasteiger partial charge in [0.15, 0.2) is 0 Å². The molecule has 0 spiro atoms. The topological polar surface area (TPSA) is 74.5 Å². The standard InChI is InChI=1S/C19H19N3O4/c1-21-12-14(18(23)22(21)16-8-4-3-5-9-16)13-26-19(24)20-15-7-6-10-17(11-15)25-2/h3-12H,13H2,1-2H3,(H,20,24). The molecule has 1 N–H and O–H groups in total. The SMILES string of the molecule is COc1cccc(NC(=O)OCc2cn(C)n(-c3ccccc3)c2=O)c1. The summed E-state index contributed by atoms with van der Waals surface area (Å²) in [4.78, 5) is 24.5. The van der Waals surface area contributed by atoms with Gasteiger partial charge < -0.3 is 9.47 Å². The summed E-state index contributed by atoms with van der Waals surface area (Å²) in [6.45, 7) is -0.123. The van der Waals surface area contributed by atoms with Crippen LogP contribution in [0.5, 0.6) is 5.75 Å². The number of hydrogen-bond donors (Lipinski definition) is 1. The molecule has 0 aliphatic heterocycles. The van der Waals surface area contributed by atoms with Gasteiger partial charge >= 0.3 is 6.09 Å². The molecule has 0 unspecified atom stereocenters. The molecule has 26 heavy (non-hydrogen) atoms. The van der Waals surface area contributed by atoms with Crippen molar-refractivity contribution < 1.29 is 14.3 Å². The molecular formula is C19H19N3O4. The zero-order chi connectivity index (χ0) is 18.5. The Balaban J connectivity index is 1.68. The highest BCUT2D eigenvalue weighted by Gasteiger charge is 2.13. The Morgan fingerprint density at radius 1 is 1.12 bits per heavy atom. The Bertz CT molecular complexity index is 960. The van der Waals surface area contributed by atoms with Crippen LogP contribution in [0.3, 0.4) is 0 Å². The average molecular weight is 353 g/mol. The molecule has 3 aromatic rings. The largest absolute Gasteiger partial charge is 0.497 e. The molecule has 3 rings (SSSR count). The first-order chi connectivity index (χ1) is 12.6. The van der Waals surface area contributed by atoms with Crippen LogP contribution in [0, 0.1) is 0 Å². The fraction of sp³-hybridized carbons (Fsp3) is 0.158. The van der Waals surface area contributed by atoms with E-state index in [1.165, 1.54) is 4.68 Å². The summed E-state index contributed by atoms with van der Waals surface area (Å²) in [5.74, 6) is 0.622. The molecule has 0 aliphatic rings. The number of methoxy groups -OCH3 is 1. The molecule has 7 heteroatoms. The summed E-state index contributed by atoms with van der Waals surface area (Å²) in [5.41, 5.74) is 1.45. The van der Waals surface area contributed by atoms with Crippen LogP contribution in [0.25, 0.3) is 5.69 Å². The minimum Gasteiger partial charge on any atom is -0.497 e. The second kappa shape index (κ2) is 7.60. The van der Waals surface area contributed by atoms with Gasteiger partial charge in [-0.25, -0.2) is 9.48 Å². The van der Waals surface area contributed by atoms with Crippen molar-refractivity contribution in [1.29, 1.82) is 0 Å². The van der Waals surface area contributed by atoms with E-state index < -0.39 is 6.09 Å². The summed E-state index contributed by atoms with van der Waals surface area (Å²) < 4.78 is 13.4. The van der Waals surface area contributed by atoms with E-state index in [-0.39, 0.29) is 12.2 Å². The van der Waals surface area contributed by atoms with Crippen LogP contribution in [0.15, 0.2) is 65.6 Å². The zero-order valence-corrected chi connectivity index (χ0v) is 14.5. The van der Waals surface area contributed by atoms with Gasteiger partial charge in [-0.3, -0.25) is 14.8 Å². The Labute approximate surface area is 150 Å². The van der Waals surface area contributed by atoms with Crippen molar-refractivity contribution >= 4 is 11.8 Å². The maximum absolute atomic E-state index is 12.6. The smallest absolute Gasteiger partial charge is 0.411 e. The van der Waals surface area contributed by atoms with Crippen molar-refractivity contribution in [3.05, 3.63) is 76.7 Å².